The number of fused-ring (bicyclic) bond motifs is 1. The van der Waals surface area contributed by atoms with Gasteiger partial charge >= 0.3 is 0 Å². The standard InChI is InChI=1S/C14H13N3O2/c1-15-14(18)12-4-3-11(19-12)9-5-7-16-13-10(9)6-8-17(13)2/h3-8H,1-2H3,(H,15,18). The van der Waals surface area contributed by atoms with Crippen LogP contribution < -0.4 is 5.32 Å². The van der Waals surface area contributed by atoms with Gasteiger partial charge in [0.25, 0.3) is 5.91 Å². The Morgan fingerprint density at radius 1 is 1.32 bits per heavy atom. The highest BCUT2D eigenvalue weighted by Crippen LogP contribution is 2.29. The van der Waals surface area contributed by atoms with E-state index in [9.17, 15) is 4.79 Å². The second kappa shape index (κ2) is 4.28. The zero-order valence-electron chi connectivity index (χ0n) is 10.7. The molecule has 0 aliphatic carbocycles. The van der Waals surface area contributed by atoms with E-state index >= 15 is 0 Å². The fourth-order valence-corrected chi connectivity index (χ4v) is 2.11. The zero-order chi connectivity index (χ0) is 13.4. The van der Waals surface area contributed by atoms with Gasteiger partial charge in [-0.15, -0.1) is 0 Å². The van der Waals surface area contributed by atoms with Crippen LogP contribution in [0.1, 0.15) is 10.6 Å². The highest BCUT2D eigenvalue weighted by Gasteiger charge is 2.13. The fourth-order valence-electron chi connectivity index (χ4n) is 2.11. The number of rotatable bonds is 2. The molecule has 3 rings (SSSR count). The monoisotopic (exact) mass is 255 g/mol. The molecule has 0 aliphatic heterocycles. The number of hydrogen-bond acceptors (Lipinski definition) is 3. The van der Waals surface area contributed by atoms with E-state index in [1.54, 1.807) is 25.4 Å². The van der Waals surface area contributed by atoms with Crippen LogP contribution >= 0.6 is 0 Å². The maximum absolute atomic E-state index is 11.5. The second-order valence-electron chi connectivity index (χ2n) is 4.27. The zero-order valence-corrected chi connectivity index (χ0v) is 10.7. The fraction of sp³-hybridized carbons (Fsp3) is 0.143. The Balaban J connectivity index is 2.14. The maximum atomic E-state index is 11.5. The van der Waals surface area contributed by atoms with Gasteiger partial charge in [0.1, 0.15) is 11.4 Å². The normalized spacial score (nSPS) is 10.8. The minimum absolute atomic E-state index is 0.232. The summed E-state index contributed by atoms with van der Waals surface area (Å²) in [5, 5.41) is 3.54. The lowest BCUT2D eigenvalue weighted by Gasteiger charge is -2.00. The molecule has 5 heteroatoms. The van der Waals surface area contributed by atoms with E-state index in [2.05, 4.69) is 10.3 Å². The Labute approximate surface area is 109 Å². The van der Waals surface area contributed by atoms with Crippen LogP contribution in [0.15, 0.2) is 41.1 Å². The Kier molecular flexibility index (Phi) is 2.59. The van der Waals surface area contributed by atoms with E-state index in [0.29, 0.717) is 11.5 Å². The van der Waals surface area contributed by atoms with Crippen LogP contribution in [0.4, 0.5) is 0 Å². The quantitative estimate of drug-likeness (QED) is 0.763. The van der Waals surface area contributed by atoms with E-state index in [4.69, 9.17) is 4.42 Å². The summed E-state index contributed by atoms with van der Waals surface area (Å²) in [6.45, 7) is 0. The summed E-state index contributed by atoms with van der Waals surface area (Å²) >= 11 is 0. The second-order valence-corrected chi connectivity index (χ2v) is 4.27. The number of nitrogens with one attached hydrogen (secondary N) is 1. The Hall–Kier alpha value is -2.56. The van der Waals surface area contributed by atoms with Gasteiger partial charge in [-0.2, -0.15) is 0 Å². The highest BCUT2D eigenvalue weighted by atomic mass is 16.3. The average Bonchev–Trinajstić information content (AvgIpc) is 3.05. The van der Waals surface area contributed by atoms with E-state index < -0.39 is 0 Å². The molecule has 0 saturated heterocycles. The average molecular weight is 255 g/mol. The van der Waals surface area contributed by atoms with Crippen molar-refractivity contribution in [3.05, 3.63) is 42.4 Å². The molecule has 0 aromatic carbocycles. The third-order valence-corrected chi connectivity index (χ3v) is 3.09. The molecule has 1 amide bonds. The van der Waals surface area contributed by atoms with Crippen molar-refractivity contribution >= 4 is 16.9 Å². The van der Waals surface area contributed by atoms with Gasteiger partial charge in [-0.05, 0) is 24.3 Å². The molecule has 0 bridgehead atoms. The van der Waals surface area contributed by atoms with E-state index in [1.165, 1.54) is 0 Å². The number of aromatic nitrogens is 2. The number of carbonyl (C=O) groups excluding carboxylic acids is 1. The Bertz CT molecular complexity index is 755. The minimum atomic E-state index is -0.232. The number of amides is 1. The SMILES string of the molecule is CNC(=O)c1ccc(-c2ccnc3c2ccn3C)o1. The summed E-state index contributed by atoms with van der Waals surface area (Å²) in [7, 11) is 3.52. The maximum Gasteiger partial charge on any atom is 0.286 e. The first-order valence-electron chi connectivity index (χ1n) is 5.93. The smallest absolute Gasteiger partial charge is 0.286 e. The van der Waals surface area contributed by atoms with E-state index in [-0.39, 0.29) is 5.91 Å². The molecule has 1 N–H and O–H groups in total. The van der Waals surface area contributed by atoms with Crippen molar-refractivity contribution in [1.29, 1.82) is 0 Å². The highest BCUT2D eigenvalue weighted by molar-refractivity contribution is 5.94. The number of furan rings is 1. The lowest BCUT2D eigenvalue weighted by molar-refractivity contribution is 0.0936. The molecule has 3 aromatic rings. The predicted molar refractivity (Wildman–Crippen MR) is 71.8 cm³/mol. The summed E-state index contributed by atoms with van der Waals surface area (Å²) < 4.78 is 7.54. The van der Waals surface area contributed by atoms with Gasteiger partial charge in [0.05, 0.1) is 0 Å². The van der Waals surface area contributed by atoms with Crippen molar-refractivity contribution in [2.24, 2.45) is 7.05 Å². The van der Waals surface area contributed by atoms with Gasteiger partial charge in [-0.1, -0.05) is 0 Å². The molecular weight excluding hydrogens is 242 g/mol. The number of carbonyl (C=O) groups is 1. The van der Waals surface area contributed by atoms with Gasteiger partial charge in [0.2, 0.25) is 0 Å². The summed E-state index contributed by atoms with van der Waals surface area (Å²) in [5.74, 6) is 0.736. The van der Waals surface area contributed by atoms with Crippen molar-refractivity contribution in [2.75, 3.05) is 7.05 Å². The lowest BCUT2D eigenvalue weighted by atomic mass is 10.1. The first-order valence-corrected chi connectivity index (χ1v) is 5.93. The molecule has 0 spiro atoms. The van der Waals surface area contributed by atoms with Gasteiger partial charge in [-0.3, -0.25) is 4.79 Å². The summed E-state index contributed by atoms with van der Waals surface area (Å²) in [6, 6.07) is 7.34. The molecule has 5 nitrogen and oxygen atoms in total. The Morgan fingerprint density at radius 3 is 2.95 bits per heavy atom. The summed E-state index contributed by atoms with van der Waals surface area (Å²) in [4.78, 5) is 15.8. The minimum Gasteiger partial charge on any atom is -0.451 e. The van der Waals surface area contributed by atoms with Crippen LogP contribution in [-0.4, -0.2) is 22.5 Å². The number of pyridine rings is 1. The third kappa shape index (κ3) is 1.79. The molecule has 0 unspecified atom stereocenters. The van der Waals surface area contributed by atoms with Gasteiger partial charge < -0.3 is 14.3 Å². The molecule has 0 fully saturated rings. The molecule has 19 heavy (non-hydrogen) atoms. The van der Waals surface area contributed by atoms with Crippen LogP contribution in [0.25, 0.3) is 22.4 Å². The third-order valence-electron chi connectivity index (χ3n) is 3.09. The van der Waals surface area contributed by atoms with Crippen LogP contribution in [0.2, 0.25) is 0 Å². The number of nitrogens with zero attached hydrogens (tertiary/aromatic N) is 2. The van der Waals surface area contributed by atoms with E-state index in [1.807, 2.05) is 29.9 Å². The molecule has 3 aromatic heterocycles. The van der Waals surface area contributed by atoms with Gasteiger partial charge in [0, 0.05) is 37.4 Å². The molecule has 96 valence electrons. The summed E-state index contributed by atoms with van der Waals surface area (Å²) in [6.07, 6.45) is 3.68. The van der Waals surface area contributed by atoms with E-state index in [0.717, 1.165) is 16.6 Å². The molecule has 3 heterocycles. The molecule has 0 atom stereocenters. The lowest BCUT2D eigenvalue weighted by Crippen LogP contribution is -2.16. The van der Waals surface area contributed by atoms with Crippen molar-refractivity contribution in [3.63, 3.8) is 0 Å². The van der Waals surface area contributed by atoms with Crippen molar-refractivity contribution in [1.82, 2.24) is 14.9 Å². The molecule has 0 aliphatic rings. The Morgan fingerprint density at radius 2 is 2.16 bits per heavy atom. The number of hydrogen-bond donors (Lipinski definition) is 1. The van der Waals surface area contributed by atoms with Crippen molar-refractivity contribution < 1.29 is 9.21 Å². The first-order chi connectivity index (χ1) is 9.20. The summed E-state index contributed by atoms with van der Waals surface area (Å²) in [5.41, 5.74) is 1.82. The first kappa shape index (κ1) is 11.5. The molecular formula is C14H13N3O2. The largest absolute Gasteiger partial charge is 0.451 e. The molecule has 0 radical (unpaired) electrons. The van der Waals surface area contributed by atoms with Crippen molar-refractivity contribution in [3.8, 4) is 11.3 Å². The van der Waals surface area contributed by atoms with Crippen LogP contribution in [0.3, 0.4) is 0 Å². The topological polar surface area (TPSA) is 60.1 Å². The van der Waals surface area contributed by atoms with Crippen LogP contribution in [0.5, 0.6) is 0 Å². The number of aryl methyl sites for hydroxylation is 1. The van der Waals surface area contributed by atoms with Gasteiger partial charge in [-0.25, -0.2) is 4.98 Å². The van der Waals surface area contributed by atoms with Crippen molar-refractivity contribution in [2.45, 2.75) is 0 Å². The predicted octanol–water partition coefficient (Wildman–Crippen LogP) is 2.19. The molecule has 0 saturated carbocycles. The van der Waals surface area contributed by atoms with Crippen LogP contribution in [-0.2, 0) is 7.05 Å². The van der Waals surface area contributed by atoms with Crippen LogP contribution in [0, 0.1) is 0 Å². The van der Waals surface area contributed by atoms with Gasteiger partial charge in [0.15, 0.2) is 5.76 Å².